The second-order valence-electron chi connectivity index (χ2n) is 6.11. The van der Waals surface area contributed by atoms with Gasteiger partial charge in [-0.3, -0.25) is 4.79 Å². The second-order valence-corrected chi connectivity index (χ2v) is 6.51. The number of ether oxygens (including phenoxy) is 2. The van der Waals surface area contributed by atoms with Gasteiger partial charge in [0.25, 0.3) is 0 Å². The van der Waals surface area contributed by atoms with Gasteiger partial charge >= 0.3 is 0 Å². The topological polar surface area (TPSA) is 76.8 Å². The lowest BCUT2D eigenvalue weighted by Crippen LogP contribution is -2.37. The Balaban J connectivity index is 1.77. The number of hydrogen-bond donors (Lipinski definition) is 2. The minimum Gasteiger partial charge on any atom is -0.495 e. The molecule has 138 valence electrons. The van der Waals surface area contributed by atoms with E-state index in [1.54, 1.807) is 12.1 Å². The molecule has 0 bridgehead atoms. The van der Waals surface area contributed by atoms with Gasteiger partial charge in [-0.25, -0.2) is 0 Å². The van der Waals surface area contributed by atoms with E-state index in [0.29, 0.717) is 22.2 Å². The molecule has 0 fully saturated rings. The Hall–Kier alpha value is -2.60. The molecule has 1 amide bonds. The third-order valence-corrected chi connectivity index (χ3v) is 4.76. The van der Waals surface area contributed by atoms with Crippen LogP contribution >= 0.6 is 11.6 Å². The van der Waals surface area contributed by atoms with Crippen LogP contribution in [0.1, 0.15) is 12.0 Å². The highest BCUT2D eigenvalue weighted by atomic mass is 35.5. The van der Waals surface area contributed by atoms with Crippen LogP contribution < -0.4 is 25.4 Å². The standard InChI is InChI=1S/C19H22ClN3O3/c1-25-17-10-18(26-2)15(9-13(17)20)22-19(24)11-23-8-4-5-12-14(21)6-3-7-16(12)23/h3,6-7,9-10H,4-5,8,11,21H2,1-2H3,(H,22,24). The number of nitrogens with zero attached hydrogens (tertiary/aromatic N) is 1. The monoisotopic (exact) mass is 375 g/mol. The molecule has 3 N–H and O–H groups in total. The highest BCUT2D eigenvalue weighted by Crippen LogP contribution is 2.36. The smallest absolute Gasteiger partial charge is 0.243 e. The molecule has 1 aliphatic heterocycles. The van der Waals surface area contributed by atoms with Crippen molar-refractivity contribution in [2.45, 2.75) is 12.8 Å². The van der Waals surface area contributed by atoms with Crippen LogP contribution in [0, 0.1) is 0 Å². The molecule has 0 unspecified atom stereocenters. The van der Waals surface area contributed by atoms with Gasteiger partial charge in [0.2, 0.25) is 5.91 Å². The van der Waals surface area contributed by atoms with Gasteiger partial charge in [-0.15, -0.1) is 0 Å². The van der Waals surface area contributed by atoms with Crippen molar-refractivity contribution >= 4 is 34.6 Å². The minimum absolute atomic E-state index is 0.153. The molecule has 26 heavy (non-hydrogen) atoms. The van der Waals surface area contributed by atoms with Crippen molar-refractivity contribution < 1.29 is 14.3 Å². The fraction of sp³-hybridized carbons (Fsp3) is 0.316. The van der Waals surface area contributed by atoms with Crippen molar-refractivity contribution in [2.24, 2.45) is 0 Å². The summed E-state index contributed by atoms with van der Waals surface area (Å²) < 4.78 is 10.5. The van der Waals surface area contributed by atoms with E-state index in [1.807, 2.05) is 23.1 Å². The number of benzene rings is 2. The molecule has 2 aromatic carbocycles. The average Bonchev–Trinajstić information content (AvgIpc) is 2.63. The molecular weight excluding hydrogens is 354 g/mol. The molecule has 0 aromatic heterocycles. The summed E-state index contributed by atoms with van der Waals surface area (Å²) in [5, 5.41) is 3.27. The second kappa shape index (κ2) is 7.74. The Morgan fingerprint density at radius 1 is 1.27 bits per heavy atom. The first-order chi connectivity index (χ1) is 12.5. The van der Waals surface area contributed by atoms with Gasteiger partial charge in [-0.05, 0) is 36.6 Å². The molecule has 0 radical (unpaired) electrons. The van der Waals surface area contributed by atoms with E-state index in [2.05, 4.69) is 5.32 Å². The number of nitrogen functional groups attached to an aromatic ring is 1. The number of carbonyl (C=O) groups excluding carboxylic acids is 1. The highest BCUT2D eigenvalue weighted by molar-refractivity contribution is 6.32. The molecule has 0 saturated carbocycles. The molecule has 3 rings (SSSR count). The number of nitrogens with one attached hydrogen (secondary N) is 1. The average molecular weight is 376 g/mol. The van der Waals surface area contributed by atoms with Crippen LogP contribution in [0.4, 0.5) is 17.1 Å². The summed E-state index contributed by atoms with van der Waals surface area (Å²) >= 11 is 6.16. The van der Waals surface area contributed by atoms with Gasteiger partial charge < -0.3 is 25.4 Å². The van der Waals surface area contributed by atoms with Gasteiger partial charge in [0.05, 0.1) is 31.5 Å². The summed E-state index contributed by atoms with van der Waals surface area (Å²) in [5.74, 6) is 0.824. The molecule has 6 nitrogen and oxygen atoms in total. The molecule has 0 atom stereocenters. The number of rotatable bonds is 5. The molecule has 0 saturated heterocycles. The Bertz CT molecular complexity index is 826. The predicted octanol–water partition coefficient (Wildman–Crippen LogP) is 3.33. The maximum atomic E-state index is 12.6. The Morgan fingerprint density at radius 2 is 2.04 bits per heavy atom. The third-order valence-electron chi connectivity index (χ3n) is 4.47. The van der Waals surface area contributed by atoms with Crippen molar-refractivity contribution in [3.8, 4) is 11.5 Å². The van der Waals surface area contributed by atoms with Crippen molar-refractivity contribution in [1.82, 2.24) is 0 Å². The maximum Gasteiger partial charge on any atom is 0.243 e. The zero-order chi connectivity index (χ0) is 18.7. The van der Waals surface area contributed by atoms with Crippen LogP contribution in [0.15, 0.2) is 30.3 Å². The highest BCUT2D eigenvalue weighted by Gasteiger charge is 2.21. The maximum absolute atomic E-state index is 12.6. The SMILES string of the molecule is COc1cc(OC)c(NC(=O)CN2CCCc3c(N)cccc32)cc1Cl. The number of halogens is 1. The zero-order valence-corrected chi connectivity index (χ0v) is 15.6. The van der Waals surface area contributed by atoms with Gasteiger partial charge in [0.15, 0.2) is 0 Å². The van der Waals surface area contributed by atoms with Crippen LogP contribution in [0.2, 0.25) is 5.02 Å². The molecule has 2 aromatic rings. The van der Waals surface area contributed by atoms with Crippen molar-refractivity contribution in [3.63, 3.8) is 0 Å². The number of fused-ring (bicyclic) bond motifs is 1. The number of hydrogen-bond acceptors (Lipinski definition) is 5. The Kier molecular flexibility index (Phi) is 5.42. The lowest BCUT2D eigenvalue weighted by molar-refractivity contribution is -0.115. The molecule has 0 spiro atoms. The van der Waals surface area contributed by atoms with Gasteiger partial charge in [-0.2, -0.15) is 0 Å². The normalized spacial score (nSPS) is 13.1. The van der Waals surface area contributed by atoms with Crippen molar-refractivity contribution in [1.29, 1.82) is 0 Å². The predicted molar refractivity (Wildman–Crippen MR) is 105 cm³/mol. The summed E-state index contributed by atoms with van der Waals surface area (Å²) in [5.41, 5.74) is 9.48. The summed E-state index contributed by atoms with van der Waals surface area (Å²) in [6.45, 7) is 1.04. The number of amides is 1. The van der Waals surface area contributed by atoms with Crippen LogP contribution in [-0.4, -0.2) is 33.2 Å². The quantitative estimate of drug-likeness (QED) is 0.784. The van der Waals surface area contributed by atoms with Gasteiger partial charge in [0.1, 0.15) is 11.5 Å². The fourth-order valence-corrected chi connectivity index (χ4v) is 3.45. The summed E-state index contributed by atoms with van der Waals surface area (Å²) in [6.07, 6.45) is 1.90. The first-order valence-electron chi connectivity index (χ1n) is 8.37. The van der Waals surface area contributed by atoms with Gasteiger partial charge in [0, 0.05) is 24.0 Å². The largest absolute Gasteiger partial charge is 0.495 e. The van der Waals surface area contributed by atoms with E-state index in [-0.39, 0.29) is 12.5 Å². The fourth-order valence-electron chi connectivity index (χ4n) is 3.21. The minimum atomic E-state index is -0.153. The molecule has 1 aliphatic rings. The van der Waals surface area contributed by atoms with Crippen LogP contribution in [0.25, 0.3) is 0 Å². The van der Waals surface area contributed by atoms with E-state index in [0.717, 1.165) is 36.3 Å². The number of anilines is 3. The first kappa shape index (κ1) is 18.2. The first-order valence-corrected chi connectivity index (χ1v) is 8.75. The van der Waals surface area contributed by atoms with Crippen LogP contribution in [0.5, 0.6) is 11.5 Å². The lowest BCUT2D eigenvalue weighted by Gasteiger charge is -2.31. The summed E-state index contributed by atoms with van der Waals surface area (Å²) in [4.78, 5) is 14.6. The zero-order valence-electron chi connectivity index (χ0n) is 14.8. The van der Waals surface area contributed by atoms with Gasteiger partial charge in [-0.1, -0.05) is 17.7 Å². The number of nitrogens with two attached hydrogens (primary N) is 1. The number of methoxy groups -OCH3 is 2. The number of carbonyl (C=O) groups is 1. The Morgan fingerprint density at radius 3 is 2.77 bits per heavy atom. The Labute approximate surface area is 157 Å². The van der Waals surface area contributed by atoms with E-state index in [1.165, 1.54) is 14.2 Å². The van der Waals surface area contributed by atoms with Crippen LogP contribution in [0.3, 0.4) is 0 Å². The molecule has 7 heteroatoms. The van der Waals surface area contributed by atoms with E-state index in [4.69, 9.17) is 26.8 Å². The van der Waals surface area contributed by atoms with Crippen molar-refractivity contribution in [2.75, 3.05) is 43.3 Å². The summed E-state index contributed by atoms with van der Waals surface area (Å²) in [6, 6.07) is 9.08. The van der Waals surface area contributed by atoms with E-state index >= 15 is 0 Å². The molecular formula is C19H22ClN3O3. The van der Waals surface area contributed by atoms with E-state index < -0.39 is 0 Å². The third kappa shape index (κ3) is 3.65. The molecule has 1 heterocycles. The summed E-state index contributed by atoms with van der Waals surface area (Å²) in [7, 11) is 3.06. The lowest BCUT2D eigenvalue weighted by atomic mass is 10.00. The molecule has 0 aliphatic carbocycles. The van der Waals surface area contributed by atoms with E-state index in [9.17, 15) is 4.79 Å². The van der Waals surface area contributed by atoms with Crippen molar-refractivity contribution in [3.05, 3.63) is 40.9 Å². The van der Waals surface area contributed by atoms with Crippen LogP contribution in [-0.2, 0) is 11.2 Å².